The van der Waals surface area contributed by atoms with E-state index in [1.807, 2.05) is 11.0 Å². The first-order valence-corrected chi connectivity index (χ1v) is 6.66. The molecule has 1 aromatic heterocycles. The number of piperidine rings is 1. The van der Waals surface area contributed by atoms with Crippen LogP contribution in [-0.4, -0.2) is 23.9 Å². The van der Waals surface area contributed by atoms with Gasteiger partial charge in [0.1, 0.15) is 0 Å². The molecule has 0 bridgehead atoms. The molecule has 0 aromatic carbocycles. The first kappa shape index (κ1) is 11.4. The van der Waals surface area contributed by atoms with Gasteiger partial charge >= 0.3 is 0 Å². The third kappa shape index (κ3) is 2.73. The SMILES string of the molecule is Cc1ccsc1/C=C/C(=O)N1CCCCC1. The van der Waals surface area contributed by atoms with Crippen molar-refractivity contribution < 1.29 is 4.79 Å². The standard InChI is InChI=1S/C13H17NOS/c1-11-7-10-16-12(11)5-6-13(15)14-8-3-2-4-9-14/h5-7,10H,2-4,8-9H2,1H3/b6-5+. The van der Waals surface area contributed by atoms with Gasteiger partial charge in [-0.3, -0.25) is 4.79 Å². The lowest BCUT2D eigenvalue weighted by Crippen LogP contribution is -2.34. The Morgan fingerprint density at radius 3 is 2.75 bits per heavy atom. The topological polar surface area (TPSA) is 20.3 Å². The quantitative estimate of drug-likeness (QED) is 0.721. The van der Waals surface area contributed by atoms with Crippen LogP contribution in [0.25, 0.3) is 6.08 Å². The fourth-order valence-corrected chi connectivity index (χ4v) is 2.74. The number of hydrogen-bond acceptors (Lipinski definition) is 2. The number of rotatable bonds is 2. The monoisotopic (exact) mass is 235 g/mol. The number of aryl methyl sites for hydroxylation is 1. The molecular formula is C13H17NOS. The number of carbonyl (C=O) groups is 1. The highest BCUT2D eigenvalue weighted by Gasteiger charge is 2.13. The Kier molecular flexibility index (Phi) is 3.78. The van der Waals surface area contributed by atoms with Gasteiger partial charge in [0.15, 0.2) is 0 Å². The molecule has 1 aliphatic rings. The summed E-state index contributed by atoms with van der Waals surface area (Å²) in [7, 11) is 0. The summed E-state index contributed by atoms with van der Waals surface area (Å²) < 4.78 is 0. The van der Waals surface area contributed by atoms with Crippen molar-refractivity contribution in [3.8, 4) is 0 Å². The molecule has 2 rings (SSSR count). The fourth-order valence-electron chi connectivity index (χ4n) is 1.92. The Balaban J connectivity index is 1.96. The molecule has 0 spiro atoms. The predicted molar refractivity (Wildman–Crippen MR) is 68.5 cm³/mol. The minimum absolute atomic E-state index is 0.160. The van der Waals surface area contributed by atoms with Gasteiger partial charge in [0.25, 0.3) is 0 Å². The van der Waals surface area contributed by atoms with E-state index in [4.69, 9.17) is 0 Å². The second-order valence-corrected chi connectivity index (χ2v) is 5.13. The maximum atomic E-state index is 11.8. The molecule has 1 aromatic rings. The van der Waals surface area contributed by atoms with Gasteiger partial charge in [0.05, 0.1) is 0 Å². The Morgan fingerprint density at radius 1 is 1.38 bits per heavy atom. The Labute approximate surface area is 101 Å². The van der Waals surface area contributed by atoms with Crippen molar-refractivity contribution in [3.63, 3.8) is 0 Å². The van der Waals surface area contributed by atoms with Crippen molar-refractivity contribution in [2.24, 2.45) is 0 Å². The summed E-state index contributed by atoms with van der Waals surface area (Å²) in [6, 6.07) is 2.08. The zero-order valence-electron chi connectivity index (χ0n) is 9.61. The number of carbonyl (C=O) groups excluding carboxylic acids is 1. The molecule has 0 atom stereocenters. The zero-order valence-corrected chi connectivity index (χ0v) is 10.4. The van der Waals surface area contributed by atoms with E-state index in [0.717, 1.165) is 25.9 Å². The zero-order chi connectivity index (χ0) is 11.4. The maximum Gasteiger partial charge on any atom is 0.246 e. The highest BCUT2D eigenvalue weighted by Crippen LogP contribution is 2.17. The van der Waals surface area contributed by atoms with Crippen LogP contribution in [0.4, 0.5) is 0 Å². The molecule has 0 radical (unpaired) electrons. The Hall–Kier alpha value is -1.09. The van der Waals surface area contributed by atoms with Crippen LogP contribution in [0.5, 0.6) is 0 Å². The van der Waals surface area contributed by atoms with E-state index in [-0.39, 0.29) is 5.91 Å². The smallest absolute Gasteiger partial charge is 0.246 e. The van der Waals surface area contributed by atoms with Crippen LogP contribution in [0.2, 0.25) is 0 Å². The number of thiophene rings is 1. The van der Waals surface area contributed by atoms with Crippen molar-refractivity contribution in [2.45, 2.75) is 26.2 Å². The van der Waals surface area contributed by atoms with Crippen LogP contribution >= 0.6 is 11.3 Å². The van der Waals surface area contributed by atoms with Gasteiger partial charge in [-0.25, -0.2) is 0 Å². The van der Waals surface area contributed by atoms with E-state index in [1.54, 1.807) is 17.4 Å². The molecule has 1 fully saturated rings. The highest BCUT2D eigenvalue weighted by atomic mass is 32.1. The molecule has 3 heteroatoms. The lowest BCUT2D eigenvalue weighted by molar-refractivity contribution is -0.126. The van der Waals surface area contributed by atoms with Gasteiger partial charge in [-0.1, -0.05) is 0 Å². The Morgan fingerprint density at radius 2 is 2.12 bits per heavy atom. The number of nitrogens with zero attached hydrogens (tertiary/aromatic N) is 1. The molecule has 2 heterocycles. The van der Waals surface area contributed by atoms with Crippen LogP contribution in [-0.2, 0) is 4.79 Å². The molecule has 1 amide bonds. The molecule has 0 N–H and O–H groups in total. The van der Waals surface area contributed by atoms with Gasteiger partial charge in [0, 0.05) is 24.0 Å². The normalized spacial score (nSPS) is 16.9. The summed E-state index contributed by atoms with van der Waals surface area (Å²) in [6.07, 6.45) is 7.22. The molecular weight excluding hydrogens is 218 g/mol. The molecule has 1 saturated heterocycles. The van der Waals surface area contributed by atoms with E-state index < -0.39 is 0 Å². The summed E-state index contributed by atoms with van der Waals surface area (Å²) in [5, 5.41) is 2.06. The van der Waals surface area contributed by atoms with Crippen molar-refractivity contribution in [1.82, 2.24) is 4.90 Å². The Bertz CT molecular complexity index is 388. The fraction of sp³-hybridized carbons (Fsp3) is 0.462. The lowest BCUT2D eigenvalue weighted by atomic mass is 10.1. The molecule has 2 nitrogen and oxygen atoms in total. The molecule has 86 valence electrons. The predicted octanol–water partition coefficient (Wildman–Crippen LogP) is 3.08. The second kappa shape index (κ2) is 5.30. The lowest BCUT2D eigenvalue weighted by Gasteiger charge is -2.25. The first-order chi connectivity index (χ1) is 7.77. The average molecular weight is 235 g/mol. The highest BCUT2D eigenvalue weighted by molar-refractivity contribution is 7.11. The van der Waals surface area contributed by atoms with E-state index >= 15 is 0 Å². The van der Waals surface area contributed by atoms with E-state index in [1.165, 1.54) is 16.9 Å². The minimum Gasteiger partial charge on any atom is -0.339 e. The van der Waals surface area contributed by atoms with E-state index in [0.29, 0.717) is 0 Å². The molecule has 0 saturated carbocycles. The van der Waals surface area contributed by atoms with Crippen LogP contribution in [0.15, 0.2) is 17.5 Å². The third-order valence-corrected chi connectivity index (χ3v) is 3.93. The largest absolute Gasteiger partial charge is 0.339 e. The first-order valence-electron chi connectivity index (χ1n) is 5.78. The van der Waals surface area contributed by atoms with E-state index in [9.17, 15) is 4.79 Å². The van der Waals surface area contributed by atoms with Crippen molar-refractivity contribution in [1.29, 1.82) is 0 Å². The van der Waals surface area contributed by atoms with Crippen molar-refractivity contribution in [3.05, 3.63) is 28.0 Å². The summed E-state index contributed by atoms with van der Waals surface area (Å²) >= 11 is 1.68. The molecule has 0 aliphatic carbocycles. The van der Waals surface area contributed by atoms with Crippen LogP contribution in [0, 0.1) is 6.92 Å². The number of amides is 1. The summed E-state index contributed by atoms with van der Waals surface area (Å²) in [5.74, 6) is 0.160. The van der Waals surface area contributed by atoms with Gasteiger partial charge in [-0.05, 0) is 49.3 Å². The maximum absolute atomic E-state index is 11.8. The van der Waals surface area contributed by atoms with Crippen molar-refractivity contribution >= 4 is 23.3 Å². The third-order valence-electron chi connectivity index (χ3n) is 2.95. The second-order valence-electron chi connectivity index (χ2n) is 4.19. The van der Waals surface area contributed by atoms with Crippen molar-refractivity contribution in [2.75, 3.05) is 13.1 Å². The summed E-state index contributed by atoms with van der Waals surface area (Å²) in [5.41, 5.74) is 1.24. The molecule has 1 aliphatic heterocycles. The van der Waals surface area contributed by atoms with Gasteiger partial charge in [-0.2, -0.15) is 0 Å². The van der Waals surface area contributed by atoms with Crippen LogP contribution in [0.1, 0.15) is 29.7 Å². The number of hydrogen-bond donors (Lipinski definition) is 0. The molecule has 16 heavy (non-hydrogen) atoms. The summed E-state index contributed by atoms with van der Waals surface area (Å²) in [4.78, 5) is 15.0. The van der Waals surface area contributed by atoms with Gasteiger partial charge in [0.2, 0.25) is 5.91 Å². The van der Waals surface area contributed by atoms with Crippen LogP contribution in [0.3, 0.4) is 0 Å². The van der Waals surface area contributed by atoms with Gasteiger partial charge in [-0.15, -0.1) is 11.3 Å². The van der Waals surface area contributed by atoms with Crippen LogP contribution < -0.4 is 0 Å². The van der Waals surface area contributed by atoms with E-state index in [2.05, 4.69) is 18.4 Å². The molecule has 0 unspecified atom stereocenters. The number of likely N-dealkylation sites (tertiary alicyclic amines) is 1. The summed E-state index contributed by atoms with van der Waals surface area (Å²) in [6.45, 7) is 3.92. The average Bonchev–Trinajstić information content (AvgIpc) is 2.73. The minimum atomic E-state index is 0.160. The van der Waals surface area contributed by atoms with Gasteiger partial charge < -0.3 is 4.90 Å².